The number of carbonyl (C=O) groups is 1. The molecule has 0 unspecified atom stereocenters. The number of likely N-dealkylation sites (tertiary alicyclic amines) is 1. The lowest BCUT2D eigenvalue weighted by Crippen LogP contribution is -2.48. The molecule has 7 heteroatoms. The largest absolute Gasteiger partial charge is 0.396 e. The number of aliphatic hydroxyl groups excluding tert-OH is 1. The molecule has 4 heterocycles. The molecule has 1 saturated carbocycles. The SMILES string of the molecule is C/C=C\c1ccc2n(c1=O)C[C@@H]1[C@@H](CO)[C@H](C(=O)NCC3CC3)N(Cc3cccnc3)[C@H]21. The van der Waals surface area contributed by atoms with Gasteiger partial charge < -0.3 is 15.0 Å². The van der Waals surface area contributed by atoms with Crippen LogP contribution in [0.2, 0.25) is 0 Å². The molecule has 1 saturated heterocycles. The third kappa shape index (κ3) is 3.69. The van der Waals surface area contributed by atoms with E-state index >= 15 is 0 Å². The highest BCUT2D eigenvalue weighted by atomic mass is 16.3. The van der Waals surface area contributed by atoms with Crippen molar-refractivity contribution in [1.82, 2.24) is 19.8 Å². The van der Waals surface area contributed by atoms with Crippen LogP contribution >= 0.6 is 0 Å². The van der Waals surface area contributed by atoms with Crippen molar-refractivity contribution < 1.29 is 9.90 Å². The number of allylic oxidation sites excluding steroid dienone is 1. The van der Waals surface area contributed by atoms with Gasteiger partial charge in [-0.05, 0) is 49.4 Å². The second-order valence-corrected chi connectivity index (χ2v) is 9.25. The molecule has 1 aliphatic carbocycles. The Morgan fingerprint density at radius 3 is 2.84 bits per heavy atom. The van der Waals surface area contributed by atoms with E-state index in [9.17, 15) is 14.7 Å². The molecule has 0 spiro atoms. The molecule has 0 aromatic carbocycles. The fraction of sp³-hybridized carbons (Fsp3) is 0.480. The summed E-state index contributed by atoms with van der Waals surface area (Å²) in [6.45, 7) is 3.57. The number of aliphatic hydroxyl groups is 1. The Morgan fingerprint density at radius 2 is 2.16 bits per heavy atom. The molecule has 5 rings (SSSR count). The van der Waals surface area contributed by atoms with Gasteiger partial charge in [-0.15, -0.1) is 0 Å². The third-order valence-electron chi connectivity index (χ3n) is 7.19. The summed E-state index contributed by atoms with van der Waals surface area (Å²) < 4.78 is 1.84. The first-order chi connectivity index (χ1) is 15.6. The van der Waals surface area contributed by atoms with Crippen LogP contribution in [0.25, 0.3) is 6.08 Å². The van der Waals surface area contributed by atoms with Crippen molar-refractivity contribution in [2.45, 2.75) is 44.9 Å². The second kappa shape index (κ2) is 8.64. The van der Waals surface area contributed by atoms with Gasteiger partial charge in [0, 0.05) is 61.7 Å². The predicted octanol–water partition coefficient (Wildman–Crippen LogP) is 1.97. The summed E-state index contributed by atoms with van der Waals surface area (Å²) in [5, 5.41) is 13.5. The van der Waals surface area contributed by atoms with E-state index in [0.29, 0.717) is 31.1 Å². The highest BCUT2D eigenvalue weighted by Gasteiger charge is 2.55. The number of carbonyl (C=O) groups excluding carboxylic acids is 1. The van der Waals surface area contributed by atoms with Gasteiger partial charge in [0.15, 0.2) is 0 Å². The Hall–Kier alpha value is -2.77. The van der Waals surface area contributed by atoms with E-state index in [2.05, 4.69) is 15.2 Å². The molecule has 2 fully saturated rings. The van der Waals surface area contributed by atoms with Crippen molar-refractivity contribution in [2.75, 3.05) is 13.2 Å². The molecule has 2 aliphatic heterocycles. The zero-order valence-electron chi connectivity index (χ0n) is 18.4. The minimum Gasteiger partial charge on any atom is -0.396 e. The summed E-state index contributed by atoms with van der Waals surface area (Å²) in [4.78, 5) is 32.8. The molecule has 32 heavy (non-hydrogen) atoms. The number of rotatable bonds is 7. The zero-order chi connectivity index (χ0) is 22.2. The van der Waals surface area contributed by atoms with Gasteiger partial charge in [0.1, 0.15) is 0 Å². The quantitative estimate of drug-likeness (QED) is 0.696. The van der Waals surface area contributed by atoms with E-state index < -0.39 is 6.04 Å². The van der Waals surface area contributed by atoms with Gasteiger partial charge in [-0.25, -0.2) is 0 Å². The minimum absolute atomic E-state index is 0.00176. The highest BCUT2D eigenvalue weighted by Crippen LogP contribution is 2.49. The summed E-state index contributed by atoms with van der Waals surface area (Å²) in [6.07, 6.45) is 9.59. The van der Waals surface area contributed by atoms with Crippen molar-refractivity contribution >= 4 is 12.0 Å². The molecule has 1 amide bonds. The molecule has 0 radical (unpaired) electrons. The minimum atomic E-state index is -0.437. The smallest absolute Gasteiger partial charge is 0.258 e. The van der Waals surface area contributed by atoms with Crippen LogP contribution in [0.5, 0.6) is 0 Å². The molecule has 0 bridgehead atoms. The van der Waals surface area contributed by atoms with Gasteiger partial charge in [0.2, 0.25) is 5.91 Å². The maximum Gasteiger partial charge on any atom is 0.258 e. The summed E-state index contributed by atoms with van der Waals surface area (Å²) in [5.41, 5.74) is 2.58. The normalized spacial score (nSPS) is 26.9. The Kier molecular flexibility index (Phi) is 5.69. The van der Waals surface area contributed by atoms with E-state index in [1.165, 1.54) is 12.8 Å². The van der Waals surface area contributed by atoms with Crippen molar-refractivity contribution in [3.05, 3.63) is 69.9 Å². The predicted molar refractivity (Wildman–Crippen MR) is 122 cm³/mol. The van der Waals surface area contributed by atoms with Gasteiger partial charge in [0.25, 0.3) is 5.56 Å². The number of hydrogen-bond donors (Lipinski definition) is 2. The van der Waals surface area contributed by atoms with Crippen LogP contribution < -0.4 is 10.9 Å². The third-order valence-corrected chi connectivity index (χ3v) is 7.19. The summed E-state index contributed by atoms with van der Waals surface area (Å²) in [5.74, 6) is 0.333. The first kappa shape index (κ1) is 21.1. The fourth-order valence-electron chi connectivity index (χ4n) is 5.48. The van der Waals surface area contributed by atoms with Crippen LogP contribution in [0.3, 0.4) is 0 Å². The lowest BCUT2D eigenvalue weighted by Gasteiger charge is -2.30. The zero-order valence-corrected chi connectivity index (χ0v) is 18.4. The summed E-state index contributed by atoms with van der Waals surface area (Å²) >= 11 is 0. The molecule has 3 aliphatic rings. The van der Waals surface area contributed by atoms with E-state index in [1.54, 1.807) is 6.20 Å². The Bertz CT molecular complexity index is 1080. The van der Waals surface area contributed by atoms with Gasteiger partial charge in [-0.3, -0.25) is 19.5 Å². The van der Waals surface area contributed by atoms with E-state index in [-0.39, 0.29) is 36.0 Å². The first-order valence-corrected chi connectivity index (χ1v) is 11.5. The van der Waals surface area contributed by atoms with Crippen LogP contribution in [0.15, 0.2) is 47.5 Å². The number of fused-ring (bicyclic) bond motifs is 3. The van der Waals surface area contributed by atoms with E-state index in [0.717, 1.165) is 11.3 Å². The van der Waals surface area contributed by atoms with Gasteiger partial charge in [0.05, 0.1) is 12.1 Å². The molecule has 4 atom stereocenters. The number of nitrogens with zero attached hydrogens (tertiary/aromatic N) is 3. The molecule has 168 valence electrons. The maximum atomic E-state index is 13.3. The average Bonchev–Trinajstić information content (AvgIpc) is 3.48. The highest BCUT2D eigenvalue weighted by molar-refractivity contribution is 5.83. The van der Waals surface area contributed by atoms with Gasteiger partial charge in [-0.2, -0.15) is 0 Å². The Balaban J connectivity index is 1.53. The standard InChI is InChI=1S/C25H30N4O3/c1-2-4-18-8-9-21-22-19(14-28(21)25(18)32)20(15-30)23(24(31)27-12-16-6-7-16)29(22)13-17-5-3-10-26-11-17/h2-5,8-11,16,19-20,22-23,30H,6-7,12-15H2,1H3,(H,27,31)/b4-2-/t19-,20-,22+,23-/m1/s1. The fourth-order valence-corrected chi connectivity index (χ4v) is 5.48. The molecule has 2 N–H and O–H groups in total. The Morgan fingerprint density at radius 1 is 1.31 bits per heavy atom. The average molecular weight is 435 g/mol. The number of nitrogens with one attached hydrogen (secondary N) is 1. The molecule has 2 aromatic heterocycles. The first-order valence-electron chi connectivity index (χ1n) is 11.5. The molecule has 2 aromatic rings. The monoisotopic (exact) mass is 434 g/mol. The molecular formula is C25H30N4O3. The number of amides is 1. The summed E-state index contributed by atoms with van der Waals surface area (Å²) in [7, 11) is 0. The molecular weight excluding hydrogens is 404 g/mol. The molecule has 7 nitrogen and oxygen atoms in total. The Labute approximate surface area is 187 Å². The van der Waals surface area contributed by atoms with Crippen molar-refractivity contribution in [3.63, 3.8) is 0 Å². The van der Waals surface area contributed by atoms with Crippen LogP contribution in [0, 0.1) is 17.8 Å². The number of hydrogen-bond acceptors (Lipinski definition) is 5. The van der Waals surface area contributed by atoms with Gasteiger partial charge >= 0.3 is 0 Å². The van der Waals surface area contributed by atoms with Crippen molar-refractivity contribution in [2.24, 2.45) is 17.8 Å². The van der Waals surface area contributed by atoms with Crippen molar-refractivity contribution in [1.29, 1.82) is 0 Å². The van der Waals surface area contributed by atoms with E-state index in [1.807, 2.05) is 54.1 Å². The van der Waals surface area contributed by atoms with Crippen LogP contribution in [-0.4, -0.2) is 44.7 Å². The maximum absolute atomic E-state index is 13.3. The number of pyridine rings is 2. The van der Waals surface area contributed by atoms with Crippen LogP contribution in [-0.2, 0) is 17.9 Å². The topological polar surface area (TPSA) is 87.5 Å². The number of aromatic nitrogens is 2. The van der Waals surface area contributed by atoms with Crippen LogP contribution in [0.1, 0.15) is 42.6 Å². The van der Waals surface area contributed by atoms with Crippen LogP contribution in [0.4, 0.5) is 0 Å². The second-order valence-electron chi connectivity index (χ2n) is 9.25. The summed E-state index contributed by atoms with van der Waals surface area (Å²) in [6, 6.07) is 7.24. The van der Waals surface area contributed by atoms with E-state index in [4.69, 9.17) is 0 Å². The lowest BCUT2D eigenvalue weighted by atomic mass is 9.88. The van der Waals surface area contributed by atoms with Gasteiger partial charge in [-0.1, -0.05) is 18.2 Å². The lowest BCUT2D eigenvalue weighted by molar-refractivity contribution is -0.128. The van der Waals surface area contributed by atoms with Crippen molar-refractivity contribution in [3.8, 4) is 0 Å².